The topological polar surface area (TPSA) is 74.5 Å². The summed E-state index contributed by atoms with van der Waals surface area (Å²) in [5, 5.41) is 12.0. The van der Waals surface area contributed by atoms with Crippen molar-refractivity contribution >= 4 is 12.1 Å². The van der Waals surface area contributed by atoms with Gasteiger partial charge in [-0.1, -0.05) is 12.7 Å². The average Bonchev–Trinajstić information content (AvgIpc) is 2.38. The molecule has 5 heteroatoms. The average molecular weight is 243 g/mol. The predicted octanol–water partition coefficient (Wildman–Crippen LogP) is 1.62. The van der Waals surface area contributed by atoms with E-state index in [1.807, 2.05) is 0 Å². The molecule has 0 heterocycles. The number of nitrogens with zero attached hydrogens (tertiary/aromatic N) is 2. The molecule has 0 radical (unpaired) electrons. The Kier molecular flexibility index (Phi) is 5.70. The second kappa shape index (κ2) is 7.63. The van der Waals surface area contributed by atoms with E-state index in [1.165, 1.54) is 6.21 Å². The van der Waals surface area contributed by atoms with Crippen LogP contribution in [-0.2, 0) is 4.79 Å². The van der Waals surface area contributed by atoms with Crippen molar-refractivity contribution in [1.29, 1.82) is 5.26 Å². The van der Waals surface area contributed by atoms with Crippen LogP contribution in [0.3, 0.4) is 0 Å². The van der Waals surface area contributed by atoms with Crippen LogP contribution in [0.2, 0.25) is 0 Å². The monoisotopic (exact) mass is 243 g/mol. The molecule has 1 rings (SSSR count). The van der Waals surface area contributed by atoms with Crippen LogP contribution in [0.1, 0.15) is 12.0 Å². The molecule has 92 valence electrons. The van der Waals surface area contributed by atoms with Crippen LogP contribution in [0.25, 0.3) is 0 Å². The van der Waals surface area contributed by atoms with Gasteiger partial charge in [-0.25, -0.2) is 5.43 Å². The number of hydrogen-bond acceptors (Lipinski definition) is 4. The number of amides is 1. The second-order valence-corrected chi connectivity index (χ2v) is 3.30. The zero-order chi connectivity index (χ0) is 13.2. The standard InChI is InChI=1S/C13H13N3O2/c1-2-9-18-12-5-3-11(4-6-12)10-15-16-13(17)7-8-14/h2-6,10H,1,7,9H2,(H,16,17)/b15-10+. The van der Waals surface area contributed by atoms with Crippen molar-refractivity contribution in [2.24, 2.45) is 5.10 Å². The van der Waals surface area contributed by atoms with Crippen molar-refractivity contribution in [1.82, 2.24) is 5.43 Å². The molecule has 0 saturated heterocycles. The third-order valence-corrected chi connectivity index (χ3v) is 1.89. The van der Waals surface area contributed by atoms with Gasteiger partial charge in [-0.2, -0.15) is 10.4 Å². The van der Waals surface area contributed by atoms with Gasteiger partial charge in [0.2, 0.25) is 0 Å². The minimum absolute atomic E-state index is 0.203. The maximum absolute atomic E-state index is 10.9. The van der Waals surface area contributed by atoms with Crippen molar-refractivity contribution in [3.63, 3.8) is 0 Å². The van der Waals surface area contributed by atoms with E-state index in [4.69, 9.17) is 10.00 Å². The summed E-state index contributed by atoms with van der Waals surface area (Å²) in [6, 6.07) is 8.93. The van der Waals surface area contributed by atoms with Crippen LogP contribution in [0.15, 0.2) is 42.0 Å². The van der Waals surface area contributed by atoms with Gasteiger partial charge >= 0.3 is 0 Å². The number of nitriles is 1. The lowest BCUT2D eigenvalue weighted by molar-refractivity contribution is -0.120. The molecule has 0 spiro atoms. The van der Waals surface area contributed by atoms with E-state index in [0.717, 1.165) is 11.3 Å². The molecule has 0 bridgehead atoms. The van der Waals surface area contributed by atoms with Crippen molar-refractivity contribution in [3.05, 3.63) is 42.5 Å². The quantitative estimate of drug-likeness (QED) is 0.468. The molecule has 0 saturated carbocycles. The molecule has 1 aromatic carbocycles. The summed E-state index contributed by atoms with van der Waals surface area (Å²) in [6.45, 7) is 4.01. The molecular formula is C13H13N3O2. The molecule has 1 amide bonds. The number of hydrazone groups is 1. The molecule has 0 aliphatic rings. The number of rotatable bonds is 6. The van der Waals surface area contributed by atoms with Gasteiger partial charge in [0.25, 0.3) is 5.91 Å². The molecule has 1 N–H and O–H groups in total. The lowest BCUT2D eigenvalue weighted by atomic mass is 10.2. The number of nitrogens with one attached hydrogen (secondary N) is 1. The summed E-state index contributed by atoms with van der Waals surface area (Å²) in [7, 11) is 0. The van der Waals surface area contributed by atoms with Gasteiger partial charge in [0, 0.05) is 0 Å². The maximum Gasteiger partial charge on any atom is 0.254 e. The van der Waals surface area contributed by atoms with Gasteiger partial charge in [-0.05, 0) is 29.8 Å². The number of benzene rings is 1. The van der Waals surface area contributed by atoms with Gasteiger partial charge in [0.1, 0.15) is 18.8 Å². The molecule has 0 aliphatic carbocycles. The molecule has 0 atom stereocenters. The molecule has 0 unspecified atom stereocenters. The van der Waals surface area contributed by atoms with E-state index in [0.29, 0.717) is 6.61 Å². The van der Waals surface area contributed by atoms with E-state index in [-0.39, 0.29) is 6.42 Å². The number of carbonyl (C=O) groups excluding carboxylic acids is 1. The third-order valence-electron chi connectivity index (χ3n) is 1.89. The summed E-state index contributed by atoms with van der Waals surface area (Å²) in [5.41, 5.74) is 3.06. The Hall–Kier alpha value is -2.61. The molecule has 0 fully saturated rings. The number of hydrogen-bond donors (Lipinski definition) is 1. The smallest absolute Gasteiger partial charge is 0.254 e. The van der Waals surface area contributed by atoms with Crippen LogP contribution >= 0.6 is 0 Å². The molecule has 0 aromatic heterocycles. The minimum atomic E-state index is -0.431. The number of carbonyl (C=O) groups is 1. The highest BCUT2D eigenvalue weighted by Gasteiger charge is 1.96. The summed E-state index contributed by atoms with van der Waals surface area (Å²) in [4.78, 5) is 10.9. The molecule has 0 aliphatic heterocycles. The first-order chi connectivity index (χ1) is 8.76. The zero-order valence-electron chi connectivity index (χ0n) is 9.80. The SMILES string of the molecule is C=CCOc1ccc(/C=N/NC(=O)CC#N)cc1. The maximum atomic E-state index is 10.9. The van der Waals surface area contributed by atoms with Gasteiger partial charge < -0.3 is 4.74 Å². The Balaban J connectivity index is 2.48. The van der Waals surface area contributed by atoms with Crippen LogP contribution in [0, 0.1) is 11.3 Å². The molecular weight excluding hydrogens is 230 g/mol. The van der Waals surface area contributed by atoms with Crippen molar-refractivity contribution < 1.29 is 9.53 Å². The lowest BCUT2D eigenvalue weighted by Gasteiger charge is -2.02. The van der Waals surface area contributed by atoms with E-state index >= 15 is 0 Å². The fraction of sp³-hybridized carbons (Fsp3) is 0.154. The van der Waals surface area contributed by atoms with Crippen LogP contribution in [-0.4, -0.2) is 18.7 Å². The normalized spacial score (nSPS) is 9.72. The molecule has 1 aromatic rings. The Labute approximate surface area is 105 Å². The summed E-state index contributed by atoms with van der Waals surface area (Å²) < 4.78 is 5.32. The van der Waals surface area contributed by atoms with Crippen molar-refractivity contribution in [2.75, 3.05) is 6.61 Å². The van der Waals surface area contributed by atoms with Crippen molar-refractivity contribution in [3.8, 4) is 11.8 Å². The fourth-order valence-electron chi connectivity index (χ4n) is 1.10. The fourth-order valence-corrected chi connectivity index (χ4v) is 1.10. The molecule has 5 nitrogen and oxygen atoms in total. The summed E-state index contributed by atoms with van der Waals surface area (Å²) in [5.74, 6) is 0.306. The summed E-state index contributed by atoms with van der Waals surface area (Å²) in [6.07, 6.45) is 2.96. The van der Waals surface area contributed by atoms with E-state index in [1.54, 1.807) is 36.4 Å². The first-order valence-corrected chi connectivity index (χ1v) is 5.29. The zero-order valence-corrected chi connectivity index (χ0v) is 9.80. The highest BCUT2D eigenvalue weighted by molar-refractivity contribution is 5.83. The highest BCUT2D eigenvalue weighted by atomic mass is 16.5. The van der Waals surface area contributed by atoms with Gasteiger partial charge in [0.05, 0.1) is 12.3 Å². The molecule has 18 heavy (non-hydrogen) atoms. The van der Waals surface area contributed by atoms with Gasteiger partial charge in [-0.3, -0.25) is 4.79 Å². The highest BCUT2D eigenvalue weighted by Crippen LogP contribution is 2.10. The lowest BCUT2D eigenvalue weighted by Crippen LogP contribution is -2.16. The van der Waals surface area contributed by atoms with E-state index in [9.17, 15) is 4.79 Å². The third kappa shape index (κ3) is 4.94. The van der Waals surface area contributed by atoms with Gasteiger partial charge in [-0.15, -0.1) is 0 Å². The van der Waals surface area contributed by atoms with E-state index in [2.05, 4.69) is 17.1 Å². The predicted molar refractivity (Wildman–Crippen MR) is 68.1 cm³/mol. The van der Waals surface area contributed by atoms with Gasteiger partial charge in [0.15, 0.2) is 0 Å². The minimum Gasteiger partial charge on any atom is -0.490 e. The first-order valence-electron chi connectivity index (χ1n) is 5.29. The van der Waals surface area contributed by atoms with Crippen molar-refractivity contribution in [2.45, 2.75) is 6.42 Å². The largest absolute Gasteiger partial charge is 0.490 e. The number of ether oxygens (including phenoxy) is 1. The Morgan fingerprint density at radius 2 is 2.22 bits per heavy atom. The van der Waals surface area contributed by atoms with E-state index < -0.39 is 5.91 Å². The first kappa shape index (κ1) is 13.5. The second-order valence-electron chi connectivity index (χ2n) is 3.30. The van der Waals surface area contributed by atoms with Crippen LogP contribution in [0.5, 0.6) is 5.75 Å². The Morgan fingerprint density at radius 1 is 1.50 bits per heavy atom. The Bertz CT molecular complexity index is 472. The Morgan fingerprint density at radius 3 is 2.83 bits per heavy atom. The van der Waals surface area contributed by atoms with Crippen LogP contribution in [0.4, 0.5) is 0 Å². The van der Waals surface area contributed by atoms with Crippen LogP contribution < -0.4 is 10.2 Å². The summed E-state index contributed by atoms with van der Waals surface area (Å²) >= 11 is 0.